The smallest absolute Gasteiger partial charge is 0.234 e. The molecule has 0 aromatic carbocycles. The van der Waals surface area contributed by atoms with Crippen LogP contribution >= 0.6 is 11.3 Å². The molecule has 1 aromatic heterocycles. The number of thiophene rings is 1. The number of nitrogens with one attached hydrogen (secondary N) is 3. The number of carbonyl (C=O) groups excluding carboxylic acids is 2. The molecule has 2 rings (SSSR count). The molecule has 1 aromatic rings. The van der Waals surface area contributed by atoms with Crippen LogP contribution in [0.3, 0.4) is 0 Å². The normalized spacial score (nSPS) is 14.3. The maximum absolute atomic E-state index is 11.4. The van der Waals surface area contributed by atoms with E-state index in [4.69, 9.17) is 0 Å². The van der Waals surface area contributed by atoms with Gasteiger partial charge in [-0.15, -0.1) is 11.3 Å². The molecule has 0 spiro atoms. The highest BCUT2D eigenvalue weighted by Gasteiger charge is 2.22. The van der Waals surface area contributed by atoms with Crippen LogP contribution in [0.25, 0.3) is 0 Å². The van der Waals surface area contributed by atoms with E-state index in [0.29, 0.717) is 19.1 Å². The highest BCUT2D eigenvalue weighted by molar-refractivity contribution is 7.10. The molecule has 6 heteroatoms. The molecular formula is C12H17N3O2S. The van der Waals surface area contributed by atoms with Crippen molar-refractivity contribution in [2.24, 2.45) is 0 Å². The van der Waals surface area contributed by atoms with Crippen molar-refractivity contribution in [2.45, 2.75) is 32.4 Å². The van der Waals surface area contributed by atoms with Crippen molar-refractivity contribution in [3.05, 3.63) is 16.3 Å². The lowest BCUT2D eigenvalue weighted by Crippen LogP contribution is -2.34. The van der Waals surface area contributed by atoms with Crippen molar-refractivity contribution in [1.82, 2.24) is 10.6 Å². The summed E-state index contributed by atoms with van der Waals surface area (Å²) in [5.41, 5.74) is 0.822. The molecular weight excluding hydrogens is 250 g/mol. The van der Waals surface area contributed by atoms with Gasteiger partial charge in [0.25, 0.3) is 0 Å². The second kappa shape index (κ2) is 5.97. The van der Waals surface area contributed by atoms with E-state index in [1.165, 1.54) is 6.92 Å². The summed E-state index contributed by atoms with van der Waals surface area (Å²) in [6, 6.07) is 2.27. The van der Waals surface area contributed by atoms with Gasteiger partial charge in [0.2, 0.25) is 11.8 Å². The van der Waals surface area contributed by atoms with Gasteiger partial charge in [0, 0.05) is 24.4 Å². The molecule has 0 radical (unpaired) electrons. The molecule has 18 heavy (non-hydrogen) atoms. The molecule has 98 valence electrons. The van der Waals surface area contributed by atoms with Crippen LogP contribution in [0, 0.1) is 0 Å². The van der Waals surface area contributed by atoms with E-state index < -0.39 is 0 Å². The topological polar surface area (TPSA) is 70.2 Å². The Bertz CT molecular complexity index is 440. The molecule has 0 bridgehead atoms. The maximum atomic E-state index is 11.4. The van der Waals surface area contributed by atoms with Crippen molar-refractivity contribution in [3.63, 3.8) is 0 Å². The fraction of sp³-hybridized carbons (Fsp3) is 0.500. The summed E-state index contributed by atoms with van der Waals surface area (Å²) in [7, 11) is 0. The van der Waals surface area contributed by atoms with Crippen molar-refractivity contribution in [2.75, 3.05) is 11.9 Å². The lowest BCUT2D eigenvalue weighted by Gasteiger charge is -2.06. The zero-order valence-electron chi connectivity index (χ0n) is 10.3. The molecule has 2 amide bonds. The summed E-state index contributed by atoms with van der Waals surface area (Å²) in [5, 5.41) is 10.7. The van der Waals surface area contributed by atoms with Crippen LogP contribution in [0.5, 0.6) is 0 Å². The SMILES string of the molecule is CC(=O)Nc1ccsc1CNCC(=O)NC1CC1. The number of rotatable bonds is 6. The Hall–Kier alpha value is -1.40. The van der Waals surface area contributed by atoms with Gasteiger partial charge in [-0.3, -0.25) is 9.59 Å². The minimum atomic E-state index is -0.0823. The van der Waals surface area contributed by atoms with E-state index in [-0.39, 0.29) is 11.8 Å². The predicted octanol–water partition coefficient (Wildman–Crippen LogP) is 1.07. The first kappa shape index (κ1) is 13.0. The summed E-state index contributed by atoms with van der Waals surface area (Å²) in [5.74, 6) is -0.0451. The highest BCUT2D eigenvalue weighted by Crippen LogP contribution is 2.22. The quantitative estimate of drug-likeness (QED) is 0.722. The Morgan fingerprint density at radius 2 is 2.22 bits per heavy atom. The maximum Gasteiger partial charge on any atom is 0.234 e. The standard InChI is InChI=1S/C12H17N3O2S/c1-8(16)14-10-4-5-18-11(10)6-13-7-12(17)15-9-2-3-9/h4-5,9,13H,2-3,6-7H2,1H3,(H,14,16)(H,15,17). The van der Waals surface area contributed by atoms with Crippen LogP contribution in [0.1, 0.15) is 24.6 Å². The van der Waals surface area contributed by atoms with Gasteiger partial charge in [-0.05, 0) is 24.3 Å². The minimum absolute atomic E-state index is 0.0372. The van der Waals surface area contributed by atoms with Gasteiger partial charge in [-0.25, -0.2) is 0 Å². The molecule has 1 heterocycles. The Labute approximate surface area is 110 Å². The second-order valence-electron chi connectivity index (χ2n) is 4.38. The third kappa shape index (κ3) is 4.12. The van der Waals surface area contributed by atoms with Gasteiger partial charge in [0.05, 0.1) is 12.2 Å². The lowest BCUT2D eigenvalue weighted by atomic mass is 10.3. The van der Waals surface area contributed by atoms with Gasteiger partial charge < -0.3 is 16.0 Å². The Balaban J connectivity index is 1.73. The molecule has 0 aliphatic heterocycles. The first-order chi connectivity index (χ1) is 8.65. The van der Waals surface area contributed by atoms with Gasteiger partial charge in [-0.2, -0.15) is 0 Å². The van der Waals surface area contributed by atoms with Crippen molar-refractivity contribution in [3.8, 4) is 0 Å². The van der Waals surface area contributed by atoms with Crippen LogP contribution in [0.15, 0.2) is 11.4 Å². The largest absolute Gasteiger partial charge is 0.352 e. The third-order valence-electron chi connectivity index (χ3n) is 2.57. The van der Waals surface area contributed by atoms with E-state index in [9.17, 15) is 9.59 Å². The summed E-state index contributed by atoms with van der Waals surface area (Å²) in [6.45, 7) is 2.39. The van der Waals surface area contributed by atoms with Gasteiger partial charge in [0.1, 0.15) is 0 Å². The number of anilines is 1. The Kier molecular flexibility index (Phi) is 4.33. The predicted molar refractivity (Wildman–Crippen MR) is 71.5 cm³/mol. The number of hydrogen-bond acceptors (Lipinski definition) is 4. The van der Waals surface area contributed by atoms with Gasteiger partial charge in [-0.1, -0.05) is 0 Å². The zero-order valence-corrected chi connectivity index (χ0v) is 11.1. The molecule has 5 nitrogen and oxygen atoms in total. The summed E-state index contributed by atoms with van der Waals surface area (Å²) >= 11 is 1.56. The van der Waals surface area contributed by atoms with E-state index in [2.05, 4.69) is 16.0 Å². The second-order valence-corrected chi connectivity index (χ2v) is 5.38. The molecule has 1 aliphatic carbocycles. The van der Waals surface area contributed by atoms with Gasteiger partial charge >= 0.3 is 0 Å². The van der Waals surface area contributed by atoms with E-state index >= 15 is 0 Å². The monoisotopic (exact) mass is 267 g/mol. The summed E-state index contributed by atoms with van der Waals surface area (Å²) in [6.07, 6.45) is 2.20. The first-order valence-electron chi connectivity index (χ1n) is 5.99. The van der Waals surface area contributed by atoms with Crippen LogP contribution in [0.4, 0.5) is 5.69 Å². The molecule has 0 saturated heterocycles. The van der Waals surface area contributed by atoms with Gasteiger partial charge in [0.15, 0.2) is 0 Å². The number of carbonyl (C=O) groups is 2. The van der Waals surface area contributed by atoms with Crippen LogP contribution in [0.2, 0.25) is 0 Å². The Morgan fingerprint density at radius 3 is 2.89 bits per heavy atom. The molecule has 1 saturated carbocycles. The summed E-state index contributed by atoms with van der Waals surface area (Å²) < 4.78 is 0. The third-order valence-corrected chi connectivity index (χ3v) is 3.49. The molecule has 0 unspecified atom stereocenters. The van der Waals surface area contributed by atoms with Crippen LogP contribution < -0.4 is 16.0 Å². The number of amides is 2. The summed E-state index contributed by atoms with van der Waals surface area (Å²) in [4.78, 5) is 23.5. The minimum Gasteiger partial charge on any atom is -0.352 e. The van der Waals surface area contributed by atoms with E-state index in [0.717, 1.165) is 23.4 Å². The Morgan fingerprint density at radius 1 is 1.44 bits per heavy atom. The van der Waals surface area contributed by atoms with E-state index in [1.54, 1.807) is 11.3 Å². The van der Waals surface area contributed by atoms with Crippen molar-refractivity contribution >= 4 is 28.8 Å². The average Bonchev–Trinajstić information content (AvgIpc) is 2.99. The lowest BCUT2D eigenvalue weighted by molar-refractivity contribution is -0.120. The molecule has 3 N–H and O–H groups in total. The fourth-order valence-corrected chi connectivity index (χ4v) is 2.37. The highest BCUT2D eigenvalue weighted by atomic mass is 32.1. The number of hydrogen-bond donors (Lipinski definition) is 3. The molecule has 1 aliphatic rings. The zero-order chi connectivity index (χ0) is 13.0. The first-order valence-corrected chi connectivity index (χ1v) is 6.87. The molecule has 1 fully saturated rings. The van der Waals surface area contributed by atoms with Crippen LogP contribution in [-0.2, 0) is 16.1 Å². The van der Waals surface area contributed by atoms with Crippen LogP contribution in [-0.4, -0.2) is 24.4 Å². The van der Waals surface area contributed by atoms with E-state index in [1.807, 2.05) is 11.4 Å². The molecule has 0 atom stereocenters. The average molecular weight is 267 g/mol. The fourth-order valence-electron chi connectivity index (χ4n) is 1.57. The van der Waals surface area contributed by atoms with Crippen molar-refractivity contribution in [1.29, 1.82) is 0 Å². The van der Waals surface area contributed by atoms with Crippen molar-refractivity contribution < 1.29 is 9.59 Å².